The Bertz CT molecular complexity index is 292. The first-order valence-electron chi connectivity index (χ1n) is 4.36. The Morgan fingerprint density at radius 1 is 1.69 bits per heavy atom. The maximum atomic E-state index is 10.3. The first kappa shape index (κ1) is 9.21. The van der Waals surface area contributed by atoms with Gasteiger partial charge in [0.1, 0.15) is 6.29 Å². The van der Waals surface area contributed by atoms with Crippen LogP contribution in [0, 0.1) is 0 Å². The van der Waals surface area contributed by atoms with Crippen LogP contribution < -0.4 is 0 Å². The number of carbonyl (C=O) groups excluding carboxylic acids is 1. The van der Waals surface area contributed by atoms with E-state index in [0.717, 1.165) is 12.0 Å². The average Bonchev–Trinajstić information content (AvgIpc) is 2.70. The molecule has 1 aromatic heterocycles. The molecule has 0 aliphatic carbocycles. The van der Waals surface area contributed by atoms with Gasteiger partial charge in [-0.2, -0.15) is 11.8 Å². The van der Waals surface area contributed by atoms with Crippen molar-refractivity contribution in [2.24, 2.45) is 0 Å². The zero-order chi connectivity index (χ0) is 9.10. The molecule has 13 heavy (non-hydrogen) atoms. The van der Waals surface area contributed by atoms with Gasteiger partial charge >= 0.3 is 0 Å². The summed E-state index contributed by atoms with van der Waals surface area (Å²) < 4.78 is 0. The summed E-state index contributed by atoms with van der Waals surface area (Å²) in [6.45, 7) is 0. The molecule has 1 saturated heterocycles. The molecule has 1 aliphatic rings. The Kier molecular flexibility index (Phi) is 3.01. The fourth-order valence-corrected chi connectivity index (χ4v) is 3.72. The lowest BCUT2D eigenvalue weighted by atomic mass is 10.1. The molecule has 70 valence electrons. The van der Waals surface area contributed by atoms with Crippen molar-refractivity contribution in [1.29, 1.82) is 0 Å². The fourth-order valence-electron chi connectivity index (χ4n) is 1.42. The summed E-state index contributed by atoms with van der Waals surface area (Å²) in [5.41, 5.74) is 0.937. The van der Waals surface area contributed by atoms with Crippen molar-refractivity contribution in [1.82, 2.24) is 4.98 Å². The lowest BCUT2D eigenvalue weighted by molar-refractivity contribution is -0.107. The Hall–Kier alpha value is -0.350. The van der Waals surface area contributed by atoms with Crippen molar-refractivity contribution in [3.63, 3.8) is 0 Å². The molecule has 0 aromatic carbocycles. The lowest BCUT2D eigenvalue weighted by Crippen LogP contribution is -1.96. The summed E-state index contributed by atoms with van der Waals surface area (Å²) in [6, 6.07) is 0. The van der Waals surface area contributed by atoms with E-state index in [1.54, 1.807) is 11.3 Å². The number of carbonyl (C=O) groups is 1. The van der Waals surface area contributed by atoms with E-state index in [0.29, 0.717) is 12.3 Å². The summed E-state index contributed by atoms with van der Waals surface area (Å²) >= 11 is 3.70. The molecule has 2 nitrogen and oxygen atoms in total. The highest BCUT2D eigenvalue weighted by atomic mass is 32.2. The average molecular weight is 213 g/mol. The predicted octanol–water partition coefficient (Wildman–Crippen LogP) is 2.10. The molecule has 0 saturated carbocycles. The van der Waals surface area contributed by atoms with Gasteiger partial charge in [0.25, 0.3) is 0 Å². The van der Waals surface area contributed by atoms with E-state index in [-0.39, 0.29) is 0 Å². The minimum absolute atomic E-state index is 0.469. The highest BCUT2D eigenvalue weighted by Gasteiger charge is 2.20. The van der Waals surface area contributed by atoms with Crippen molar-refractivity contribution in [3.05, 3.63) is 16.1 Å². The highest BCUT2D eigenvalue weighted by Crippen LogP contribution is 2.33. The second kappa shape index (κ2) is 4.24. The molecule has 0 radical (unpaired) electrons. The van der Waals surface area contributed by atoms with Crippen LogP contribution >= 0.6 is 23.1 Å². The molecular formula is C9H11NOS2. The van der Waals surface area contributed by atoms with E-state index >= 15 is 0 Å². The van der Waals surface area contributed by atoms with Crippen molar-refractivity contribution in [2.45, 2.75) is 18.8 Å². The predicted molar refractivity (Wildman–Crippen MR) is 56.6 cm³/mol. The van der Waals surface area contributed by atoms with Gasteiger partial charge in [0.05, 0.1) is 10.7 Å². The number of thiazole rings is 1. The number of hydrogen-bond acceptors (Lipinski definition) is 4. The Balaban J connectivity index is 2.07. The number of thioether (sulfide) groups is 1. The number of hydrogen-bond donors (Lipinski definition) is 0. The summed E-state index contributed by atoms with van der Waals surface area (Å²) in [7, 11) is 0. The van der Waals surface area contributed by atoms with Crippen LogP contribution in [0.4, 0.5) is 0 Å². The molecular weight excluding hydrogens is 202 g/mol. The van der Waals surface area contributed by atoms with Gasteiger partial charge in [0.2, 0.25) is 0 Å². The second-order valence-electron chi connectivity index (χ2n) is 3.11. The molecule has 2 rings (SSSR count). The minimum atomic E-state index is 0.469. The van der Waals surface area contributed by atoms with Gasteiger partial charge in [-0.15, -0.1) is 11.3 Å². The van der Waals surface area contributed by atoms with Crippen LogP contribution in [-0.2, 0) is 11.2 Å². The van der Waals surface area contributed by atoms with E-state index in [1.807, 2.05) is 17.1 Å². The summed E-state index contributed by atoms with van der Waals surface area (Å²) in [4.78, 5) is 14.7. The molecule has 1 aromatic rings. The molecule has 1 aliphatic heterocycles. The Morgan fingerprint density at radius 3 is 3.31 bits per heavy atom. The van der Waals surface area contributed by atoms with Crippen LogP contribution in [0.3, 0.4) is 0 Å². The molecule has 1 fully saturated rings. The van der Waals surface area contributed by atoms with Gasteiger partial charge in [-0.05, 0) is 12.2 Å². The van der Waals surface area contributed by atoms with Crippen LogP contribution in [0.1, 0.15) is 23.0 Å². The molecule has 0 bridgehead atoms. The van der Waals surface area contributed by atoms with Crippen molar-refractivity contribution >= 4 is 29.4 Å². The van der Waals surface area contributed by atoms with Crippen LogP contribution in [0.15, 0.2) is 5.38 Å². The Labute approximate surface area is 85.8 Å². The summed E-state index contributed by atoms with van der Waals surface area (Å²) in [5, 5.41) is 3.23. The van der Waals surface area contributed by atoms with Crippen molar-refractivity contribution < 1.29 is 4.79 Å². The minimum Gasteiger partial charge on any atom is -0.303 e. The third-order valence-corrected chi connectivity index (χ3v) is 4.36. The second-order valence-corrected chi connectivity index (χ2v) is 5.15. The van der Waals surface area contributed by atoms with Gasteiger partial charge in [-0.25, -0.2) is 4.98 Å². The number of rotatable bonds is 3. The molecule has 1 unspecified atom stereocenters. The third-order valence-electron chi connectivity index (χ3n) is 2.14. The zero-order valence-electron chi connectivity index (χ0n) is 7.23. The normalized spacial score (nSPS) is 22.0. The van der Waals surface area contributed by atoms with Crippen molar-refractivity contribution in [3.8, 4) is 0 Å². The lowest BCUT2D eigenvalue weighted by Gasteiger charge is -2.01. The molecule has 4 heteroatoms. The third kappa shape index (κ3) is 2.11. The highest BCUT2D eigenvalue weighted by molar-refractivity contribution is 7.99. The van der Waals surface area contributed by atoms with E-state index in [4.69, 9.17) is 0 Å². The van der Waals surface area contributed by atoms with Gasteiger partial charge in [-0.1, -0.05) is 0 Å². The molecule has 2 heterocycles. The van der Waals surface area contributed by atoms with Crippen LogP contribution in [0.5, 0.6) is 0 Å². The zero-order valence-corrected chi connectivity index (χ0v) is 8.87. The molecule has 0 N–H and O–H groups in total. The van der Waals surface area contributed by atoms with E-state index in [1.165, 1.54) is 22.9 Å². The van der Waals surface area contributed by atoms with E-state index < -0.39 is 0 Å². The SMILES string of the molecule is O=CCc1csc(C2CCSC2)n1. The molecule has 1 atom stereocenters. The van der Waals surface area contributed by atoms with Crippen LogP contribution in [-0.4, -0.2) is 22.8 Å². The largest absolute Gasteiger partial charge is 0.303 e. The quantitative estimate of drug-likeness (QED) is 0.720. The van der Waals surface area contributed by atoms with Gasteiger partial charge in [-0.3, -0.25) is 0 Å². The summed E-state index contributed by atoms with van der Waals surface area (Å²) in [6.07, 6.45) is 2.64. The van der Waals surface area contributed by atoms with Gasteiger partial charge < -0.3 is 4.79 Å². The smallest absolute Gasteiger partial charge is 0.125 e. The monoisotopic (exact) mass is 213 g/mol. The Morgan fingerprint density at radius 2 is 2.62 bits per heavy atom. The first-order chi connectivity index (χ1) is 6.40. The molecule has 0 amide bonds. The van der Waals surface area contributed by atoms with Gasteiger partial charge in [0.15, 0.2) is 0 Å². The summed E-state index contributed by atoms with van der Waals surface area (Å²) in [5.74, 6) is 3.11. The topological polar surface area (TPSA) is 30.0 Å². The van der Waals surface area contributed by atoms with E-state index in [9.17, 15) is 4.79 Å². The standard InChI is InChI=1S/C9H11NOS2/c11-3-1-8-6-13-9(10-8)7-2-4-12-5-7/h3,6-7H,1-2,4-5H2. The number of aromatic nitrogens is 1. The maximum Gasteiger partial charge on any atom is 0.125 e. The first-order valence-corrected chi connectivity index (χ1v) is 6.39. The maximum absolute atomic E-state index is 10.3. The number of aldehydes is 1. The van der Waals surface area contributed by atoms with Crippen LogP contribution in [0.25, 0.3) is 0 Å². The number of nitrogens with zero attached hydrogens (tertiary/aromatic N) is 1. The van der Waals surface area contributed by atoms with Gasteiger partial charge in [0, 0.05) is 23.5 Å². The van der Waals surface area contributed by atoms with Crippen LogP contribution in [0.2, 0.25) is 0 Å². The fraction of sp³-hybridized carbons (Fsp3) is 0.556. The molecule has 0 spiro atoms. The van der Waals surface area contributed by atoms with E-state index in [2.05, 4.69) is 4.98 Å². The van der Waals surface area contributed by atoms with Crippen molar-refractivity contribution in [2.75, 3.05) is 11.5 Å².